The molecule has 0 radical (unpaired) electrons. The first-order chi connectivity index (χ1) is 11.0. The smallest absolute Gasteiger partial charge is 0.171 e. The molecule has 4 heterocycles. The topological polar surface area (TPSA) is 60.4 Å². The molecule has 6 nitrogen and oxygen atoms in total. The summed E-state index contributed by atoms with van der Waals surface area (Å²) >= 11 is 16.6. The number of imidazole rings is 2. The van der Waals surface area contributed by atoms with Crippen LogP contribution >= 0.6 is 79.6 Å². The summed E-state index contributed by atoms with van der Waals surface area (Å²) in [6, 6.07) is 0. The summed E-state index contributed by atoms with van der Waals surface area (Å²) in [4.78, 5) is 16.5. The van der Waals surface area contributed by atoms with Gasteiger partial charge in [0.05, 0.1) is 6.20 Å². The molecule has 0 aliphatic carbocycles. The van der Waals surface area contributed by atoms with Gasteiger partial charge < -0.3 is 4.40 Å². The van der Waals surface area contributed by atoms with Crippen molar-refractivity contribution < 1.29 is 0 Å². The molecule has 0 bridgehead atoms. The molecule has 4 aromatic rings. The van der Waals surface area contributed by atoms with Crippen LogP contribution in [0.25, 0.3) is 11.3 Å². The van der Waals surface area contributed by atoms with Gasteiger partial charge >= 0.3 is 0 Å². The van der Waals surface area contributed by atoms with Gasteiger partial charge in [0.15, 0.2) is 20.5 Å². The Bertz CT molecular complexity index is 994. The van der Waals surface area contributed by atoms with E-state index in [1.54, 1.807) is 12.4 Å². The Morgan fingerprint density at radius 1 is 0.783 bits per heavy atom. The zero-order valence-corrected chi connectivity index (χ0v) is 18.9. The van der Waals surface area contributed by atoms with E-state index in [4.69, 9.17) is 0 Å². The minimum atomic E-state index is 0.725. The van der Waals surface area contributed by atoms with Crippen molar-refractivity contribution in [1.82, 2.24) is 28.7 Å². The Balaban J connectivity index is 0.000000136. The zero-order chi connectivity index (χ0) is 16.6. The average Bonchev–Trinajstić information content (AvgIpc) is 3.07. The SMILES string of the molecule is Brc1cn2c(Br)cnc2c(Br)n1.Brc1cn2ccnc2c(Br)n1. The van der Waals surface area contributed by atoms with E-state index >= 15 is 0 Å². The second kappa shape index (κ2) is 7.26. The predicted octanol–water partition coefficient (Wildman–Crippen LogP) is 5.27. The third kappa shape index (κ3) is 3.84. The molecule has 0 unspecified atom stereocenters. The molecule has 0 N–H and O–H groups in total. The van der Waals surface area contributed by atoms with Crippen molar-refractivity contribution >= 4 is 90.9 Å². The van der Waals surface area contributed by atoms with Crippen LogP contribution in [0.2, 0.25) is 0 Å². The van der Waals surface area contributed by atoms with Gasteiger partial charge in [0.2, 0.25) is 0 Å². The normalized spacial score (nSPS) is 10.8. The van der Waals surface area contributed by atoms with E-state index in [1.807, 2.05) is 27.4 Å². The van der Waals surface area contributed by atoms with Crippen molar-refractivity contribution in [3.8, 4) is 0 Å². The number of halogens is 5. The number of aromatic nitrogens is 6. The second-order valence-electron chi connectivity index (χ2n) is 4.14. The third-order valence-electron chi connectivity index (χ3n) is 2.68. The summed E-state index contributed by atoms with van der Waals surface area (Å²) < 4.78 is 7.71. The van der Waals surface area contributed by atoms with Gasteiger partial charge in [-0.2, -0.15) is 0 Å². The molecule has 0 spiro atoms. The fourth-order valence-electron chi connectivity index (χ4n) is 1.76. The van der Waals surface area contributed by atoms with Gasteiger partial charge in [0, 0.05) is 24.8 Å². The van der Waals surface area contributed by atoms with E-state index in [2.05, 4.69) is 99.6 Å². The van der Waals surface area contributed by atoms with Gasteiger partial charge in [-0.25, -0.2) is 19.9 Å². The van der Waals surface area contributed by atoms with Gasteiger partial charge in [0.25, 0.3) is 0 Å². The van der Waals surface area contributed by atoms with Gasteiger partial charge in [0.1, 0.15) is 13.8 Å². The van der Waals surface area contributed by atoms with Crippen molar-refractivity contribution in [1.29, 1.82) is 0 Å². The van der Waals surface area contributed by atoms with Crippen LogP contribution in [0, 0.1) is 0 Å². The van der Waals surface area contributed by atoms with E-state index < -0.39 is 0 Å². The molecule has 23 heavy (non-hydrogen) atoms. The van der Waals surface area contributed by atoms with E-state index in [0.29, 0.717) is 0 Å². The van der Waals surface area contributed by atoms with Crippen LogP contribution in [0.5, 0.6) is 0 Å². The van der Waals surface area contributed by atoms with Crippen LogP contribution in [-0.4, -0.2) is 28.7 Å². The molecule has 0 aliphatic rings. The van der Waals surface area contributed by atoms with Gasteiger partial charge in [-0.3, -0.25) is 4.40 Å². The van der Waals surface area contributed by atoms with Crippen molar-refractivity contribution in [2.24, 2.45) is 0 Å². The lowest BCUT2D eigenvalue weighted by atomic mass is 10.7. The summed E-state index contributed by atoms with van der Waals surface area (Å²) in [6.45, 7) is 0. The first-order valence-electron chi connectivity index (χ1n) is 5.95. The molecule has 0 amide bonds. The van der Waals surface area contributed by atoms with Crippen LogP contribution in [-0.2, 0) is 0 Å². The lowest BCUT2D eigenvalue weighted by molar-refractivity contribution is 1.06. The Kier molecular flexibility index (Phi) is 5.51. The molecule has 4 aromatic heterocycles. The Labute approximate surface area is 172 Å². The number of hydrogen-bond acceptors (Lipinski definition) is 4. The highest BCUT2D eigenvalue weighted by atomic mass is 79.9. The van der Waals surface area contributed by atoms with E-state index in [0.717, 1.165) is 34.3 Å². The molecule has 0 fully saturated rings. The minimum absolute atomic E-state index is 0.725. The predicted molar refractivity (Wildman–Crippen MR) is 104 cm³/mol. The molecule has 0 aromatic carbocycles. The van der Waals surface area contributed by atoms with Crippen LogP contribution in [0.3, 0.4) is 0 Å². The summed E-state index contributed by atoms with van der Waals surface area (Å²) in [6.07, 6.45) is 9.03. The molecule has 4 rings (SSSR count). The Hall–Kier alpha value is -0.360. The molecule has 118 valence electrons. The van der Waals surface area contributed by atoms with Crippen LogP contribution in [0.15, 0.2) is 54.0 Å². The van der Waals surface area contributed by atoms with E-state index in [9.17, 15) is 0 Å². The average molecular weight is 633 g/mol. The highest BCUT2D eigenvalue weighted by molar-refractivity contribution is 9.11. The van der Waals surface area contributed by atoms with Gasteiger partial charge in [-0.05, 0) is 79.6 Å². The monoisotopic (exact) mass is 628 g/mol. The Morgan fingerprint density at radius 2 is 1.43 bits per heavy atom. The third-order valence-corrected chi connectivity index (χ3v) is 5.10. The van der Waals surface area contributed by atoms with Crippen LogP contribution in [0.1, 0.15) is 0 Å². The maximum absolute atomic E-state index is 4.14. The van der Waals surface area contributed by atoms with Crippen molar-refractivity contribution in [3.05, 3.63) is 54.0 Å². The summed E-state index contributed by atoms with van der Waals surface area (Å²) in [5.41, 5.74) is 1.62. The standard InChI is InChI=1S/C6H2Br3N3.C6H3Br2N3/c7-3-2-12-4(8)1-10-6(12)5(9)11-3;7-4-3-11-2-1-9-6(11)5(8)10-4/h1-2H;1-3H. The molecular weight excluding hydrogens is 628 g/mol. The number of fused-ring (bicyclic) bond motifs is 2. The zero-order valence-electron chi connectivity index (χ0n) is 11.0. The first kappa shape index (κ1) is 17.5. The molecule has 11 heteroatoms. The molecule has 0 atom stereocenters. The quantitative estimate of drug-likeness (QED) is 0.265. The minimum Gasteiger partial charge on any atom is -0.302 e. The number of nitrogens with zero attached hydrogens (tertiary/aromatic N) is 6. The fourth-order valence-corrected chi connectivity index (χ4v) is 4.37. The lowest BCUT2D eigenvalue weighted by Gasteiger charge is -1.97. The van der Waals surface area contributed by atoms with Crippen molar-refractivity contribution in [2.45, 2.75) is 0 Å². The van der Waals surface area contributed by atoms with E-state index in [1.165, 1.54) is 0 Å². The van der Waals surface area contributed by atoms with E-state index in [-0.39, 0.29) is 0 Å². The lowest BCUT2D eigenvalue weighted by Crippen LogP contribution is -1.89. The maximum atomic E-state index is 4.14. The number of rotatable bonds is 0. The maximum Gasteiger partial charge on any atom is 0.171 e. The second-order valence-corrected chi connectivity index (χ2v) is 8.08. The van der Waals surface area contributed by atoms with Crippen LogP contribution in [0.4, 0.5) is 0 Å². The largest absolute Gasteiger partial charge is 0.302 e. The van der Waals surface area contributed by atoms with Crippen LogP contribution < -0.4 is 0 Å². The van der Waals surface area contributed by atoms with Crippen molar-refractivity contribution in [2.75, 3.05) is 0 Å². The van der Waals surface area contributed by atoms with Gasteiger partial charge in [-0.1, -0.05) is 0 Å². The van der Waals surface area contributed by atoms with Gasteiger partial charge in [-0.15, -0.1) is 0 Å². The molecular formula is C12H5Br5N6. The van der Waals surface area contributed by atoms with Crippen molar-refractivity contribution in [3.63, 3.8) is 0 Å². The highest BCUT2D eigenvalue weighted by Gasteiger charge is 2.06. The molecule has 0 aliphatic heterocycles. The Morgan fingerprint density at radius 3 is 2.17 bits per heavy atom. The number of hydrogen-bond donors (Lipinski definition) is 0. The summed E-state index contributed by atoms with van der Waals surface area (Å²) in [7, 11) is 0. The first-order valence-corrected chi connectivity index (χ1v) is 9.91. The summed E-state index contributed by atoms with van der Waals surface area (Å²) in [5.74, 6) is 0. The molecule has 0 saturated heterocycles. The molecule has 0 saturated carbocycles. The summed E-state index contributed by atoms with van der Waals surface area (Å²) in [5, 5.41) is 0. The highest BCUT2D eigenvalue weighted by Crippen LogP contribution is 2.21. The fraction of sp³-hybridized carbons (Fsp3) is 0.